The fourth-order valence-corrected chi connectivity index (χ4v) is 5.87. The Morgan fingerprint density at radius 2 is 2.14 bits per heavy atom. The van der Waals surface area contributed by atoms with Crippen molar-refractivity contribution < 1.29 is 8.42 Å². The minimum atomic E-state index is -2.75. The van der Waals surface area contributed by atoms with Crippen LogP contribution in [-0.4, -0.2) is 43.0 Å². The van der Waals surface area contributed by atoms with Gasteiger partial charge in [0.1, 0.15) is 0 Å². The number of sulfone groups is 1. The molecule has 0 saturated carbocycles. The maximum absolute atomic E-state index is 11.5. The lowest BCUT2D eigenvalue weighted by Crippen LogP contribution is -2.46. The SMILES string of the molecule is CC1CCNC2CCS(=O)(=O)CC2S1. The van der Waals surface area contributed by atoms with Crippen molar-refractivity contribution in [1.82, 2.24) is 5.32 Å². The summed E-state index contributed by atoms with van der Waals surface area (Å²) in [5, 5.41) is 4.34. The van der Waals surface area contributed by atoms with E-state index in [1.54, 1.807) is 0 Å². The fourth-order valence-electron chi connectivity index (χ4n) is 2.15. The van der Waals surface area contributed by atoms with Gasteiger partial charge in [0, 0.05) is 16.5 Å². The third-order valence-corrected chi connectivity index (χ3v) is 6.45. The van der Waals surface area contributed by atoms with Crippen molar-refractivity contribution in [3.63, 3.8) is 0 Å². The summed E-state index contributed by atoms with van der Waals surface area (Å²) in [6, 6.07) is 0.425. The molecule has 2 rings (SSSR count). The summed E-state index contributed by atoms with van der Waals surface area (Å²) in [6.45, 7) is 3.23. The molecule has 3 nitrogen and oxygen atoms in total. The van der Waals surface area contributed by atoms with Gasteiger partial charge >= 0.3 is 0 Å². The number of nitrogens with one attached hydrogen (secondary N) is 1. The molecule has 2 aliphatic rings. The van der Waals surface area contributed by atoms with Gasteiger partial charge in [0.2, 0.25) is 0 Å². The van der Waals surface area contributed by atoms with Crippen molar-refractivity contribution >= 4 is 21.6 Å². The van der Waals surface area contributed by atoms with Crippen molar-refractivity contribution in [3.8, 4) is 0 Å². The minimum Gasteiger partial charge on any atom is -0.313 e. The molecule has 1 N–H and O–H groups in total. The molecule has 3 unspecified atom stereocenters. The van der Waals surface area contributed by atoms with Gasteiger partial charge in [0.05, 0.1) is 11.5 Å². The molecule has 0 spiro atoms. The highest BCUT2D eigenvalue weighted by Crippen LogP contribution is 2.31. The largest absolute Gasteiger partial charge is 0.313 e. The van der Waals surface area contributed by atoms with E-state index >= 15 is 0 Å². The second kappa shape index (κ2) is 4.02. The van der Waals surface area contributed by atoms with Crippen molar-refractivity contribution in [1.29, 1.82) is 0 Å². The average Bonchev–Trinajstić information content (AvgIpc) is 2.23. The van der Waals surface area contributed by atoms with Crippen LogP contribution in [0.1, 0.15) is 19.8 Å². The van der Waals surface area contributed by atoms with Crippen LogP contribution in [0.5, 0.6) is 0 Å². The second-order valence-electron chi connectivity index (χ2n) is 4.24. The van der Waals surface area contributed by atoms with Crippen LogP contribution < -0.4 is 5.32 Å². The maximum atomic E-state index is 11.5. The third kappa shape index (κ3) is 2.44. The molecular formula is C9H17NO2S2. The van der Waals surface area contributed by atoms with E-state index in [0.717, 1.165) is 19.4 Å². The van der Waals surface area contributed by atoms with Crippen LogP contribution in [0.2, 0.25) is 0 Å². The van der Waals surface area contributed by atoms with Crippen LogP contribution in [0, 0.1) is 0 Å². The van der Waals surface area contributed by atoms with E-state index in [4.69, 9.17) is 0 Å². The van der Waals surface area contributed by atoms with E-state index < -0.39 is 9.84 Å². The highest BCUT2D eigenvalue weighted by atomic mass is 32.2. The Bertz CT molecular complexity index is 302. The van der Waals surface area contributed by atoms with Gasteiger partial charge in [-0.25, -0.2) is 8.42 Å². The highest BCUT2D eigenvalue weighted by Gasteiger charge is 2.35. The van der Waals surface area contributed by atoms with Crippen LogP contribution in [0.15, 0.2) is 0 Å². The molecule has 14 heavy (non-hydrogen) atoms. The number of rotatable bonds is 0. The summed E-state index contributed by atoms with van der Waals surface area (Å²) in [5.74, 6) is 0.746. The fraction of sp³-hybridized carbons (Fsp3) is 1.00. The zero-order valence-electron chi connectivity index (χ0n) is 8.40. The van der Waals surface area contributed by atoms with Crippen LogP contribution in [0.25, 0.3) is 0 Å². The highest BCUT2D eigenvalue weighted by molar-refractivity contribution is 8.02. The van der Waals surface area contributed by atoms with Crippen molar-refractivity contribution in [3.05, 3.63) is 0 Å². The first-order valence-electron chi connectivity index (χ1n) is 5.16. The van der Waals surface area contributed by atoms with Gasteiger partial charge < -0.3 is 5.32 Å². The molecule has 0 aromatic carbocycles. The molecule has 82 valence electrons. The molecule has 5 heteroatoms. The zero-order valence-corrected chi connectivity index (χ0v) is 10.0. The molecule has 0 aromatic heterocycles. The van der Waals surface area contributed by atoms with E-state index in [-0.39, 0.29) is 5.25 Å². The summed E-state index contributed by atoms with van der Waals surface area (Å²) < 4.78 is 23.0. The molecular weight excluding hydrogens is 218 g/mol. The molecule has 2 saturated heterocycles. The zero-order chi connectivity index (χ0) is 10.2. The minimum absolute atomic E-state index is 0.284. The Morgan fingerprint density at radius 1 is 1.36 bits per heavy atom. The van der Waals surface area contributed by atoms with Gasteiger partial charge in [-0.15, -0.1) is 0 Å². The number of thioether (sulfide) groups is 1. The Kier molecular flexibility index (Phi) is 3.09. The van der Waals surface area contributed by atoms with E-state index in [1.807, 2.05) is 11.8 Å². The topological polar surface area (TPSA) is 46.2 Å². The van der Waals surface area contributed by atoms with Crippen molar-refractivity contribution in [2.45, 2.75) is 36.3 Å². The predicted molar refractivity (Wildman–Crippen MR) is 60.5 cm³/mol. The van der Waals surface area contributed by atoms with Gasteiger partial charge in [-0.1, -0.05) is 6.92 Å². The smallest absolute Gasteiger partial charge is 0.151 e. The van der Waals surface area contributed by atoms with E-state index in [2.05, 4.69) is 12.2 Å². The Hall–Kier alpha value is 0.260. The van der Waals surface area contributed by atoms with Gasteiger partial charge in [-0.2, -0.15) is 11.8 Å². The summed E-state index contributed by atoms with van der Waals surface area (Å²) >= 11 is 1.85. The Morgan fingerprint density at radius 3 is 2.93 bits per heavy atom. The third-order valence-electron chi connectivity index (χ3n) is 2.97. The summed E-state index contributed by atoms with van der Waals surface area (Å²) in [7, 11) is -2.75. The number of hydrogen-bond donors (Lipinski definition) is 1. The van der Waals surface area contributed by atoms with Crippen LogP contribution >= 0.6 is 11.8 Å². The Labute approximate surface area is 89.9 Å². The second-order valence-corrected chi connectivity index (χ2v) is 8.15. The first-order chi connectivity index (χ1) is 6.57. The lowest BCUT2D eigenvalue weighted by Gasteiger charge is -2.30. The van der Waals surface area contributed by atoms with Crippen molar-refractivity contribution in [2.24, 2.45) is 0 Å². The molecule has 0 aliphatic carbocycles. The van der Waals surface area contributed by atoms with Crippen LogP contribution in [0.3, 0.4) is 0 Å². The van der Waals surface area contributed by atoms with Gasteiger partial charge in [0.25, 0.3) is 0 Å². The van der Waals surface area contributed by atoms with E-state index in [0.29, 0.717) is 22.8 Å². The van der Waals surface area contributed by atoms with E-state index in [9.17, 15) is 8.42 Å². The molecule has 0 bridgehead atoms. The molecule has 2 heterocycles. The van der Waals surface area contributed by atoms with E-state index in [1.165, 1.54) is 0 Å². The lowest BCUT2D eigenvalue weighted by atomic mass is 10.1. The van der Waals surface area contributed by atoms with Crippen molar-refractivity contribution in [2.75, 3.05) is 18.1 Å². The summed E-state index contributed by atoms with van der Waals surface area (Å²) in [5.41, 5.74) is 0. The standard InChI is InChI=1S/C9H17NO2S2/c1-7-2-4-10-8-3-5-14(11,12)6-9(8)13-7/h7-10H,2-6H2,1H3. The number of fused-ring (bicyclic) bond motifs is 1. The first kappa shape index (κ1) is 10.8. The number of hydrogen-bond acceptors (Lipinski definition) is 4. The summed E-state index contributed by atoms with van der Waals surface area (Å²) in [4.78, 5) is 0. The molecule has 0 radical (unpaired) electrons. The molecule has 2 aliphatic heterocycles. The summed E-state index contributed by atoms with van der Waals surface area (Å²) in [6.07, 6.45) is 1.95. The predicted octanol–water partition coefficient (Wildman–Crippen LogP) is 0.657. The lowest BCUT2D eigenvalue weighted by molar-refractivity contribution is 0.478. The van der Waals surface area contributed by atoms with Gasteiger partial charge in [-0.05, 0) is 19.4 Å². The van der Waals surface area contributed by atoms with Gasteiger partial charge in [0.15, 0.2) is 9.84 Å². The van der Waals surface area contributed by atoms with Crippen LogP contribution in [0.4, 0.5) is 0 Å². The van der Waals surface area contributed by atoms with Gasteiger partial charge in [-0.3, -0.25) is 0 Å². The molecule has 0 aromatic rings. The Balaban J connectivity index is 2.10. The van der Waals surface area contributed by atoms with Crippen LogP contribution in [-0.2, 0) is 9.84 Å². The maximum Gasteiger partial charge on any atom is 0.151 e. The first-order valence-corrected chi connectivity index (χ1v) is 7.92. The molecule has 3 atom stereocenters. The normalized spacial score (nSPS) is 42.5. The molecule has 2 fully saturated rings. The average molecular weight is 235 g/mol. The monoisotopic (exact) mass is 235 g/mol. The molecule has 0 amide bonds. The quantitative estimate of drug-likeness (QED) is 0.670.